The van der Waals surface area contributed by atoms with E-state index >= 15 is 0 Å². The Morgan fingerprint density at radius 2 is 1.77 bits per heavy atom. The van der Waals surface area contributed by atoms with Gasteiger partial charge in [-0.25, -0.2) is 0 Å². The maximum atomic E-state index is 12.3. The van der Waals surface area contributed by atoms with E-state index < -0.39 is 5.54 Å². The van der Waals surface area contributed by atoms with Gasteiger partial charge in [-0.3, -0.25) is 4.79 Å². The van der Waals surface area contributed by atoms with E-state index in [1.807, 2.05) is 61.5 Å². The molecule has 116 valence electrons. The van der Waals surface area contributed by atoms with Crippen molar-refractivity contribution in [1.82, 2.24) is 5.32 Å². The van der Waals surface area contributed by atoms with Crippen molar-refractivity contribution in [2.75, 3.05) is 13.2 Å². The lowest BCUT2D eigenvalue weighted by molar-refractivity contribution is -0.126. The molecule has 2 aromatic carbocycles. The number of aryl methyl sites for hydroxylation is 1. The first kappa shape index (κ1) is 16.0. The Morgan fingerprint density at radius 1 is 1.14 bits per heavy atom. The van der Waals surface area contributed by atoms with Gasteiger partial charge in [0.1, 0.15) is 17.9 Å². The summed E-state index contributed by atoms with van der Waals surface area (Å²) < 4.78 is 5.65. The first-order chi connectivity index (χ1) is 10.5. The SMILES string of the molecule is Cc1ccccc1OCCNC(=O)C(C)(N)c1ccccc1. The molecule has 0 aliphatic carbocycles. The number of amides is 1. The van der Waals surface area contributed by atoms with Crippen molar-refractivity contribution in [3.05, 3.63) is 65.7 Å². The second kappa shape index (κ2) is 7.09. The molecule has 2 aromatic rings. The third kappa shape index (κ3) is 3.86. The quantitative estimate of drug-likeness (QED) is 0.805. The lowest BCUT2D eigenvalue weighted by Crippen LogP contribution is -2.49. The zero-order chi connectivity index (χ0) is 16.0. The Bertz CT molecular complexity index is 624. The van der Waals surface area contributed by atoms with Gasteiger partial charge in [-0.1, -0.05) is 48.5 Å². The number of para-hydroxylation sites is 1. The minimum absolute atomic E-state index is 0.216. The van der Waals surface area contributed by atoms with Crippen LogP contribution in [0.4, 0.5) is 0 Å². The van der Waals surface area contributed by atoms with Crippen molar-refractivity contribution >= 4 is 5.91 Å². The van der Waals surface area contributed by atoms with Crippen LogP contribution in [0.15, 0.2) is 54.6 Å². The van der Waals surface area contributed by atoms with Crippen LogP contribution in [0.1, 0.15) is 18.1 Å². The molecule has 0 spiro atoms. The highest BCUT2D eigenvalue weighted by Crippen LogP contribution is 2.17. The maximum Gasteiger partial charge on any atom is 0.244 e. The highest BCUT2D eigenvalue weighted by atomic mass is 16.5. The standard InChI is InChI=1S/C18H22N2O2/c1-14-8-6-7-11-16(14)22-13-12-20-17(21)18(2,19)15-9-4-3-5-10-15/h3-11H,12-13,19H2,1-2H3,(H,20,21). The van der Waals surface area contributed by atoms with Gasteiger partial charge in [0, 0.05) is 0 Å². The van der Waals surface area contributed by atoms with Gasteiger partial charge < -0.3 is 15.8 Å². The van der Waals surface area contributed by atoms with Gasteiger partial charge in [-0.2, -0.15) is 0 Å². The van der Waals surface area contributed by atoms with Crippen molar-refractivity contribution in [2.24, 2.45) is 5.73 Å². The number of hydrogen-bond acceptors (Lipinski definition) is 3. The van der Waals surface area contributed by atoms with Crippen LogP contribution in [0.3, 0.4) is 0 Å². The van der Waals surface area contributed by atoms with Crippen LogP contribution >= 0.6 is 0 Å². The minimum atomic E-state index is -1.05. The van der Waals surface area contributed by atoms with Gasteiger partial charge in [0.05, 0.1) is 6.54 Å². The lowest BCUT2D eigenvalue weighted by atomic mass is 9.92. The maximum absolute atomic E-state index is 12.3. The number of hydrogen-bond donors (Lipinski definition) is 2. The van der Waals surface area contributed by atoms with E-state index in [1.54, 1.807) is 6.92 Å². The van der Waals surface area contributed by atoms with E-state index in [0.29, 0.717) is 13.2 Å². The Morgan fingerprint density at radius 3 is 2.45 bits per heavy atom. The third-order valence-corrected chi connectivity index (χ3v) is 3.58. The molecule has 0 saturated carbocycles. The number of rotatable bonds is 6. The highest BCUT2D eigenvalue weighted by Gasteiger charge is 2.29. The van der Waals surface area contributed by atoms with Crippen LogP contribution < -0.4 is 15.8 Å². The molecular weight excluding hydrogens is 276 g/mol. The molecule has 1 unspecified atom stereocenters. The molecule has 3 N–H and O–H groups in total. The van der Waals surface area contributed by atoms with E-state index in [1.165, 1.54) is 0 Å². The fraction of sp³-hybridized carbons (Fsp3) is 0.278. The van der Waals surface area contributed by atoms with Crippen LogP contribution in [-0.4, -0.2) is 19.1 Å². The lowest BCUT2D eigenvalue weighted by Gasteiger charge is -2.24. The molecule has 0 aromatic heterocycles. The second-order valence-corrected chi connectivity index (χ2v) is 5.44. The number of nitrogens with one attached hydrogen (secondary N) is 1. The molecule has 0 aliphatic heterocycles. The largest absolute Gasteiger partial charge is 0.491 e. The molecule has 2 rings (SSSR count). The highest BCUT2D eigenvalue weighted by molar-refractivity contribution is 5.86. The van der Waals surface area contributed by atoms with Crippen LogP contribution in [0.25, 0.3) is 0 Å². The zero-order valence-electron chi connectivity index (χ0n) is 13.0. The van der Waals surface area contributed by atoms with E-state index in [4.69, 9.17) is 10.5 Å². The summed E-state index contributed by atoms with van der Waals surface area (Å²) in [5.41, 5.74) is 6.95. The predicted molar refractivity (Wildman–Crippen MR) is 87.7 cm³/mol. The number of ether oxygens (including phenoxy) is 1. The van der Waals surface area contributed by atoms with E-state index in [9.17, 15) is 4.79 Å². The molecule has 4 nitrogen and oxygen atoms in total. The van der Waals surface area contributed by atoms with E-state index in [2.05, 4.69) is 5.32 Å². The summed E-state index contributed by atoms with van der Waals surface area (Å²) in [4.78, 5) is 12.3. The Hall–Kier alpha value is -2.33. The Balaban J connectivity index is 1.84. The van der Waals surface area contributed by atoms with Crippen LogP contribution in [0, 0.1) is 6.92 Å². The van der Waals surface area contributed by atoms with Gasteiger partial charge in [0.15, 0.2) is 0 Å². The molecule has 0 heterocycles. The molecule has 0 bridgehead atoms. The number of nitrogens with two attached hydrogens (primary N) is 1. The molecule has 1 amide bonds. The van der Waals surface area contributed by atoms with E-state index in [-0.39, 0.29) is 5.91 Å². The summed E-state index contributed by atoms with van der Waals surface area (Å²) in [5, 5.41) is 2.82. The van der Waals surface area contributed by atoms with Crippen LogP contribution in [0.5, 0.6) is 5.75 Å². The van der Waals surface area contributed by atoms with Gasteiger partial charge in [0.25, 0.3) is 0 Å². The van der Waals surface area contributed by atoms with Crippen molar-refractivity contribution < 1.29 is 9.53 Å². The smallest absolute Gasteiger partial charge is 0.244 e. The molecule has 0 aliphatic rings. The second-order valence-electron chi connectivity index (χ2n) is 5.44. The van der Waals surface area contributed by atoms with Crippen molar-refractivity contribution in [3.63, 3.8) is 0 Å². The Kier molecular flexibility index (Phi) is 5.17. The van der Waals surface area contributed by atoms with Crippen LogP contribution in [-0.2, 0) is 10.3 Å². The van der Waals surface area contributed by atoms with Crippen LogP contribution in [0.2, 0.25) is 0 Å². The topological polar surface area (TPSA) is 64.3 Å². The molecule has 0 radical (unpaired) electrons. The zero-order valence-corrected chi connectivity index (χ0v) is 13.0. The molecule has 4 heteroatoms. The van der Waals surface area contributed by atoms with Gasteiger partial charge in [0.2, 0.25) is 5.91 Å². The minimum Gasteiger partial charge on any atom is -0.491 e. The summed E-state index contributed by atoms with van der Waals surface area (Å²) in [7, 11) is 0. The van der Waals surface area contributed by atoms with Gasteiger partial charge in [-0.05, 0) is 31.0 Å². The summed E-state index contributed by atoms with van der Waals surface area (Å²) in [6.45, 7) is 4.51. The number of benzene rings is 2. The fourth-order valence-electron chi connectivity index (χ4n) is 2.14. The van der Waals surface area contributed by atoms with Crippen molar-refractivity contribution in [2.45, 2.75) is 19.4 Å². The van der Waals surface area contributed by atoms with Crippen molar-refractivity contribution in [1.29, 1.82) is 0 Å². The summed E-state index contributed by atoms with van der Waals surface area (Å²) in [6, 6.07) is 17.1. The molecular formula is C18H22N2O2. The number of carbonyl (C=O) groups is 1. The Labute approximate surface area is 131 Å². The predicted octanol–water partition coefficient (Wildman–Crippen LogP) is 2.36. The molecule has 0 fully saturated rings. The summed E-state index contributed by atoms with van der Waals surface area (Å²) >= 11 is 0. The molecule has 22 heavy (non-hydrogen) atoms. The summed E-state index contributed by atoms with van der Waals surface area (Å²) in [5.74, 6) is 0.613. The van der Waals surface area contributed by atoms with E-state index in [0.717, 1.165) is 16.9 Å². The monoisotopic (exact) mass is 298 g/mol. The first-order valence-corrected chi connectivity index (χ1v) is 7.33. The third-order valence-electron chi connectivity index (χ3n) is 3.58. The summed E-state index contributed by atoms with van der Waals surface area (Å²) in [6.07, 6.45) is 0. The fourth-order valence-corrected chi connectivity index (χ4v) is 2.14. The average molecular weight is 298 g/mol. The van der Waals surface area contributed by atoms with Gasteiger partial charge in [-0.15, -0.1) is 0 Å². The van der Waals surface area contributed by atoms with Crippen molar-refractivity contribution in [3.8, 4) is 5.75 Å². The van der Waals surface area contributed by atoms with Gasteiger partial charge >= 0.3 is 0 Å². The normalized spacial score (nSPS) is 13.2. The molecule has 1 atom stereocenters. The number of carbonyl (C=O) groups excluding carboxylic acids is 1. The average Bonchev–Trinajstić information content (AvgIpc) is 2.53. The molecule has 0 saturated heterocycles. The first-order valence-electron chi connectivity index (χ1n) is 7.33.